The van der Waals surface area contributed by atoms with Crippen molar-refractivity contribution < 1.29 is 9.32 Å². The van der Waals surface area contributed by atoms with Crippen molar-refractivity contribution in [2.45, 2.75) is 33.2 Å². The van der Waals surface area contributed by atoms with E-state index in [-0.39, 0.29) is 11.9 Å². The number of hydrogen-bond donors (Lipinski definition) is 0. The summed E-state index contributed by atoms with van der Waals surface area (Å²) in [5.41, 5.74) is 0.501. The van der Waals surface area contributed by atoms with E-state index >= 15 is 0 Å². The number of nitrogens with zero attached hydrogens (tertiary/aromatic N) is 5. The van der Waals surface area contributed by atoms with Crippen molar-refractivity contribution in [3.05, 3.63) is 53.9 Å². The highest BCUT2D eigenvalue weighted by Gasteiger charge is 2.33. The van der Waals surface area contributed by atoms with E-state index in [2.05, 4.69) is 33.9 Å². The number of rotatable bonds is 4. The van der Waals surface area contributed by atoms with Crippen molar-refractivity contribution >= 4 is 16.7 Å². The van der Waals surface area contributed by atoms with Gasteiger partial charge in [-0.25, -0.2) is 0 Å². The smallest absolute Gasteiger partial charge is 0.273 e. The van der Waals surface area contributed by atoms with Gasteiger partial charge in [-0.15, -0.1) is 0 Å². The van der Waals surface area contributed by atoms with Crippen molar-refractivity contribution in [3.8, 4) is 0 Å². The molecule has 0 saturated carbocycles. The number of aromatic nitrogens is 3. The zero-order chi connectivity index (χ0) is 20.4. The Morgan fingerprint density at radius 1 is 1.24 bits per heavy atom. The van der Waals surface area contributed by atoms with Crippen molar-refractivity contribution in [1.82, 2.24) is 24.9 Å². The van der Waals surface area contributed by atoms with Gasteiger partial charge in [0.05, 0.1) is 0 Å². The number of aryl methyl sites for hydroxylation is 1. The molecule has 0 spiro atoms. The van der Waals surface area contributed by atoms with Crippen LogP contribution in [0, 0.1) is 12.8 Å². The fourth-order valence-electron chi connectivity index (χ4n) is 4.03. The standard InChI is InChI=1S/C22H27N5O2/c1-15(2)13-26-11-6-12-27(14-19(26)21-24-16(3)25-29-21)22(28)20-18-8-5-4-7-17(18)9-10-23-20/h4-5,7-10,15,19H,6,11-14H2,1-3H3. The van der Waals surface area contributed by atoms with Gasteiger partial charge in [0.1, 0.15) is 11.7 Å². The SMILES string of the molecule is Cc1noc(C2CN(C(=O)c3nccc4ccccc34)CCCN2CC(C)C)n1. The lowest BCUT2D eigenvalue weighted by molar-refractivity contribution is 0.0705. The largest absolute Gasteiger partial charge is 0.338 e. The Hall–Kier alpha value is -2.80. The lowest BCUT2D eigenvalue weighted by Crippen LogP contribution is -2.39. The quantitative estimate of drug-likeness (QED) is 0.676. The zero-order valence-electron chi connectivity index (χ0n) is 17.2. The van der Waals surface area contributed by atoms with Gasteiger partial charge in [0.25, 0.3) is 5.91 Å². The summed E-state index contributed by atoms with van der Waals surface area (Å²) in [7, 11) is 0. The maximum absolute atomic E-state index is 13.5. The Morgan fingerprint density at radius 3 is 2.83 bits per heavy atom. The Bertz CT molecular complexity index is 994. The molecular weight excluding hydrogens is 366 g/mol. The molecule has 1 atom stereocenters. The summed E-state index contributed by atoms with van der Waals surface area (Å²) in [6, 6.07) is 9.70. The highest BCUT2D eigenvalue weighted by atomic mass is 16.5. The van der Waals surface area contributed by atoms with Crippen LogP contribution in [-0.4, -0.2) is 57.0 Å². The first kappa shape index (κ1) is 19.5. The van der Waals surface area contributed by atoms with E-state index in [0.717, 1.165) is 30.3 Å². The Balaban J connectivity index is 1.66. The summed E-state index contributed by atoms with van der Waals surface area (Å²) in [4.78, 5) is 26.6. The maximum Gasteiger partial charge on any atom is 0.273 e. The predicted molar refractivity (Wildman–Crippen MR) is 110 cm³/mol. The molecule has 3 aromatic rings. The normalized spacial score (nSPS) is 18.3. The van der Waals surface area contributed by atoms with Crippen molar-refractivity contribution in [2.75, 3.05) is 26.2 Å². The molecule has 1 aliphatic rings. The Labute approximate surface area is 170 Å². The third kappa shape index (κ3) is 4.15. The van der Waals surface area contributed by atoms with Crippen LogP contribution in [0.3, 0.4) is 0 Å². The summed E-state index contributed by atoms with van der Waals surface area (Å²) >= 11 is 0. The predicted octanol–water partition coefficient (Wildman–Crippen LogP) is 3.47. The highest BCUT2D eigenvalue weighted by molar-refractivity contribution is 6.05. The van der Waals surface area contributed by atoms with Gasteiger partial charge in [-0.2, -0.15) is 4.98 Å². The number of carbonyl (C=O) groups excluding carboxylic acids is 1. The maximum atomic E-state index is 13.5. The molecule has 0 aliphatic carbocycles. The van der Waals surface area contributed by atoms with Crippen LogP contribution in [0.5, 0.6) is 0 Å². The minimum atomic E-state index is -0.111. The van der Waals surface area contributed by atoms with Crippen LogP contribution in [0.4, 0.5) is 0 Å². The first-order valence-corrected chi connectivity index (χ1v) is 10.2. The van der Waals surface area contributed by atoms with Crippen LogP contribution in [0.15, 0.2) is 41.1 Å². The van der Waals surface area contributed by atoms with E-state index in [1.54, 1.807) is 6.20 Å². The van der Waals surface area contributed by atoms with E-state index in [0.29, 0.717) is 36.4 Å². The van der Waals surface area contributed by atoms with Gasteiger partial charge in [-0.3, -0.25) is 14.7 Å². The number of benzene rings is 1. The van der Waals surface area contributed by atoms with Crippen LogP contribution in [0.1, 0.15) is 48.5 Å². The molecule has 2 aromatic heterocycles. The molecule has 7 heteroatoms. The van der Waals surface area contributed by atoms with Gasteiger partial charge < -0.3 is 9.42 Å². The van der Waals surface area contributed by atoms with Gasteiger partial charge in [0.2, 0.25) is 5.89 Å². The average molecular weight is 393 g/mol. The number of pyridine rings is 1. The van der Waals surface area contributed by atoms with Crippen LogP contribution in [0.2, 0.25) is 0 Å². The molecule has 1 saturated heterocycles. The van der Waals surface area contributed by atoms with Crippen LogP contribution in [0.25, 0.3) is 10.8 Å². The van der Waals surface area contributed by atoms with E-state index in [1.807, 2.05) is 42.2 Å². The Kier molecular flexibility index (Phi) is 5.58. The van der Waals surface area contributed by atoms with Gasteiger partial charge in [-0.1, -0.05) is 43.3 Å². The Morgan fingerprint density at radius 2 is 2.07 bits per heavy atom. The second-order valence-electron chi connectivity index (χ2n) is 8.07. The van der Waals surface area contributed by atoms with Crippen molar-refractivity contribution in [1.29, 1.82) is 0 Å². The summed E-state index contributed by atoms with van der Waals surface area (Å²) < 4.78 is 5.52. The fourth-order valence-corrected chi connectivity index (χ4v) is 4.03. The topological polar surface area (TPSA) is 75.4 Å². The van der Waals surface area contributed by atoms with Crippen LogP contribution >= 0.6 is 0 Å². The molecular formula is C22H27N5O2. The highest BCUT2D eigenvalue weighted by Crippen LogP contribution is 2.27. The fraction of sp³-hybridized carbons (Fsp3) is 0.455. The molecule has 1 amide bonds. The van der Waals surface area contributed by atoms with E-state index in [4.69, 9.17) is 4.52 Å². The van der Waals surface area contributed by atoms with Crippen LogP contribution in [-0.2, 0) is 0 Å². The number of hydrogen-bond acceptors (Lipinski definition) is 6. The van der Waals surface area contributed by atoms with E-state index in [9.17, 15) is 4.79 Å². The molecule has 1 aliphatic heterocycles. The van der Waals surface area contributed by atoms with E-state index in [1.165, 1.54) is 0 Å². The molecule has 4 rings (SSSR count). The lowest BCUT2D eigenvalue weighted by Gasteiger charge is -2.30. The lowest BCUT2D eigenvalue weighted by atomic mass is 10.1. The number of carbonyl (C=O) groups is 1. The summed E-state index contributed by atoms with van der Waals surface area (Å²) in [5.74, 6) is 1.65. The summed E-state index contributed by atoms with van der Waals surface area (Å²) in [6.45, 7) is 9.21. The van der Waals surface area contributed by atoms with Crippen LogP contribution < -0.4 is 0 Å². The zero-order valence-corrected chi connectivity index (χ0v) is 17.2. The summed E-state index contributed by atoms with van der Waals surface area (Å²) in [6.07, 6.45) is 2.60. The number of amides is 1. The van der Waals surface area contributed by atoms with Gasteiger partial charge in [0, 0.05) is 37.8 Å². The molecule has 3 heterocycles. The third-order valence-electron chi connectivity index (χ3n) is 5.30. The monoisotopic (exact) mass is 393 g/mol. The molecule has 7 nitrogen and oxygen atoms in total. The molecule has 1 aromatic carbocycles. The first-order chi connectivity index (χ1) is 14.0. The van der Waals surface area contributed by atoms with E-state index < -0.39 is 0 Å². The molecule has 0 N–H and O–H groups in total. The molecule has 0 radical (unpaired) electrons. The minimum Gasteiger partial charge on any atom is -0.338 e. The van der Waals surface area contributed by atoms with Gasteiger partial charge in [0.15, 0.2) is 5.82 Å². The number of fused-ring (bicyclic) bond motifs is 1. The summed E-state index contributed by atoms with van der Waals surface area (Å²) in [5, 5.41) is 5.88. The minimum absolute atomic E-state index is 0.0468. The van der Waals surface area contributed by atoms with Gasteiger partial charge in [-0.05, 0) is 30.7 Å². The molecule has 29 heavy (non-hydrogen) atoms. The molecule has 1 fully saturated rings. The second-order valence-corrected chi connectivity index (χ2v) is 8.07. The average Bonchev–Trinajstić information content (AvgIpc) is 3.03. The van der Waals surface area contributed by atoms with Gasteiger partial charge >= 0.3 is 0 Å². The molecule has 1 unspecified atom stereocenters. The van der Waals surface area contributed by atoms with Crippen molar-refractivity contribution in [2.24, 2.45) is 5.92 Å². The third-order valence-corrected chi connectivity index (χ3v) is 5.30. The molecule has 0 bridgehead atoms. The molecule has 152 valence electrons. The second kappa shape index (κ2) is 8.29. The first-order valence-electron chi connectivity index (χ1n) is 10.2. The van der Waals surface area contributed by atoms with Crippen molar-refractivity contribution in [3.63, 3.8) is 0 Å².